The Bertz CT molecular complexity index is 575. The molecular formula is C17H26ClN3O3. The Kier molecular flexibility index (Phi) is 6.18. The molecule has 2 rings (SSSR count). The van der Waals surface area contributed by atoms with Crippen molar-refractivity contribution in [2.45, 2.75) is 39.0 Å². The average molecular weight is 356 g/mol. The highest BCUT2D eigenvalue weighted by molar-refractivity contribution is 6.18. The Labute approximate surface area is 148 Å². The van der Waals surface area contributed by atoms with Crippen molar-refractivity contribution in [3.8, 4) is 0 Å². The molecule has 134 valence electrons. The second-order valence-electron chi connectivity index (χ2n) is 6.89. The number of alkyl halides is 1. The summed E-state index contributed by atoms with van der Waals surface area (Å²) in [5.41, 5.74) is 2.37. The molecule has 7 heteroatoms. The van der Waals surface area contributed by atoms with Crippen LogP contribution in [0, 0.1) is 0 Å². The van der Waals surface area contributed by atoms with Gasteiger partial charge in [-0.15, -0.1) is 11.6 Å². The van der Waals surface area contributed by atoms with Gasteiger partial charge in [0.2, 0.25) is 0 Å². The van der Waals surface area contributed by atoms with Gasteiger partial charge in [-0.25, -0.2) is 4.79 Å². The lowest BCUT2D eigenvalue weighted by atomic mass is 10.1. The lowest BCUT2D eigenvalue weighted by Gasteiger charge is -2.26. The summed E-state index contributed by atoms with van der Waals surface area (Å²) in [6, 6.07) is 5.89. The summed E-state index contributed by atoms with van der Waals surface area (Å²) in [7, 11) is 0. The maximum atomic E-state index is 12.3. The minimum absolute atomic E-state index is 0.186. The van der Waals surface area contributed by atoms with Crippen LogP contribution in [0.2, 0.25) is 0 Å². The molecular weight excluding hydrogens is 330 g/mol. The van der Waals surface area contributed by atoms with Crippen LogP contribution < -0.4 is 10.6 Å². The van der Waals surface area contributed by atoms with E-state index in [0.29, 0.717) is 26.2 Å². The molecule has 6 nitrogen and oxygen atoms in total. The monoisotopic (exact) mass is 355 g/mol. The first-order chi connectivity index (χ1) is 11.3. The molecule has 1 aromatic rings. The molecule has 0 spiro atoms. The van der Waals surface area contributed by atoms with E-state index >= 15 is 0 Å². The molecule has 0 saturated carbocycles. The largest absolute Gasteiger partial charge is 0.444 e. The van der Waals surface area contributed by atoms with Gasteiger partial charge in [0, 0.05) is 31.0 Å². The molecule has 1 aromatic carbocycles. The molecule has 1 aliphatic heterocycles. The zero-order valence-corrected chi connectivity index (χ0v) is 15.2. The van der Waals surface area contributed by atoms with E-state index in [1.54, 1.807) is 4.90 Å². The van der Waals surface area contributed by atoms with E-state index in [9.17, 15) is 9.90 Å². The topological polar surface area (TPSA) is 73.8 Å². The van der Waals surface area contributed by atoms with Crippen molar-refractivity contribution in [2.75, 3.05) is 36.1 Å². The summed E-state index contributed by atoms with van der Waals surface area (Å²) in [6.07, 6.45) is -0.907. The normalized spacial score (nSPS) is 15.8. The van der Waals surface area contributed by atoms with Crippen LogP contribution in [0.4, 0.5) is 16.2 Å². The predicted octanol–water partition coefficient (Wildman–Crippen LogP) is 2.86. The number of rotatable bonds is 4. The molecule has 1 atom stereocenters. The number of carbonyl (C=O) groups excluding carboxylic acids is 1. The van der Waals surface area contributed by atoms with Crippen molar-refractivity contribution in [1.29, 1.82) is 0 Å². The summed E-state index contributed by atoms with van der Waals surface area (Å²) >= 11 is 5.60. The third kappa shape index (κ3) is 5.46. The zero-order valence-electron chi connectivity index (χ0n) is 14.4. The highest BCUT2D eigenvalue weighted by Gasteiger charge is 2.24. The molecule has 1 unspecified atom stereocenters. The average Bonchev–Trinajstić information content (AvgIpc) is 2.72. The standard InChI is InChI=1S/C17H26ClN3O3/c1-17(2,3)24-16(23)21-7-6-19-15-5-4-13(8-12(15)11-21)20-10-14(22)9-18/h4-5,8,14,19-20,22H,6-7,9-11H2,1-3H3. The molecule has 1 amide bonds. The number of nitrogens with zero attached hydrogens (tertiary/aromatic N) is 1. The van der Waals surface area contributed by atoms with Gasteiger partial charge in [-0.2, -0.15) is 0 Å². The smallest absolute Gasteiger partial charge is 0.410 e. The van der Waals surface area contributed by atoms with Crippen LogP contribution in [-0.2, 0) is 11.3 Å². The van der Waals surface area contributed by atoms with E-state index in [4.69, 9.17) is 16.3 Å². The summed E-state index contributed by atoms with van der Waals surface area (Å²) in [4.78, 5) is 14.0. The van der Waals surface area contributed by atoms with Gasteiger partial charge in [0.1, 0.15) is 5.60 Å². The fourth-order valence-corrected chi connectivity index (χ4v) is 2.50. The number of nitrogens with one attached hydrogen (secondary N) is 2. The first-order valence-corrected chi connectivity index (χ1v) is 8.64. The fraction of sp³-hybridized carbons (Fsp3) is 0.588. The number of amides is 1. The first-order valence-electron chi connectivity index (χ1n) is 8.11. The fourth-order valence-electron chi connectivity index (χ4n) is 2.39. The van der Waals surface area contributed by atoms with E-state index < -0.39 is 11.7 Å². The van der Waals surface area contributed by atoms with Crippen LogP contribution in [0.1, 0.15) is 26.3 Å². The van der Waals surface area contributed by atoms with Crippen LogP contribution in [0.25, 0.3) is 0 Å². The van der Waals surface area contributed by atoms with Crippen molar-refractivity contribution in [3.63, 3.8) is 0 Å². The van der Waals surface area contributed by atoms with Gasteiger partial charge in [0.25, 0.3) is 0 Å². The van der Waals surface area contributed by atoms with E-state index in [1.165, 1.54) is 0 Å². The Balaban J connectivity index is 2.08. The van der Waals surface area contributed by atoms with Gasteiger partial charge in [0.05, 0.1) is 18.5 Å². The number of hydrogen-bond acceptors (Lipinski definition) is 5. The predicted molar refractivity (Wildman–Crippen MR) is 96.8 cm³/mol. The number of ether oxygens (including phenoxy) is 1. The van der Waals surface area contributed by atoms with Crippen LogP contribution in [-0.4, -0.2) is 53.3 Å². The van der Waals surface area contributed by atoms with Gasteiger partial charge < -0.3 is 25.4 Å². The molecule has 0 aromatic heterocycles. The van der Waals surface area contributed by atoms with Crippen molar-refractivity contribution in [3.05, 3.63) is 23.8 Å². The lowest BCUT2D eigenvalue weighted by Crippen LogP contribution is -2.37. The maximum absolute atomic E-state index is 12.3. The molecule has 0 aliphatic carbocycles. The van der Waals surface area contributed by atoms with Crippen LogP contribution >= 0.6 is 11.6 Å². The number of hydrogen-bond donors (Lipinski definition) is 3. The van der Waals surface area contributed by atoms with E-state index in [-0.39, 0.29) is 12.0 Å². The number of carbonyl (C=O) groups is 1. The molecule has 1 heterocycles. The Morgan fingerprint density at radius 1 is 1.50 bits per heavy atom. The number of anilines is 2. The Morgan fingerprint density at radius 2 is 2.25 bits per heavy atom. The van der Waals surface area contributed by atoms with Crippen molar-refractivity contribution in [1.82, 2.24) is 4.90 Å². The van der Waals surface area contributed by atoms with Crippen molar-refractivity contribution < 1.29 is 14.6 Å². The molecule has 24 heavy (non-hydrogen) atoms. The molecule has 0 bridgehead atoms. The van der Waals surface area contributed by atoms with E-state index in [2.05, 4.69) is 10.6 Å². The maximum Gasteiger partial charge on any atom is 0.410 e. The summed E-state index contributed by atoms with van der Waals surface area (Å²) in [6.45, 7) is 7.69. The van der Waals surface area contributed by atoms with Gasteiger partial charge in [-0.05, 0) is 44.5 Å². The highest BCUT2D eigenvalue weighted by atomic mass is 35.5. The lowest BCUT2D eigenvalue weighted by molar-refractivity contribution is 0.0245. The molecule has 3 N–H and O–H groups in total. The van der Waals surface area contributed by atoms with Gasteiger partial charge in [-0.3, -0.25) is 0 Å². The second kappa shape index (κ2) is 7.94. The van der Waals surface area contributed by atoms with Gasteiger partial charge in [-0.1, -0.05) is 0 Å². The quantitative estimate of drug-likeness (QED) is 0.724. The number of aliphatic hydroxyl groups is 1. The number of fused-ring (bicyclic) bond motifs is 1. The van der Waals surface area contributed by atoms with Crippen molar-refractivity contribution >= 4 is 29.1 Å². The SMILES string of the molecule is CC(C)(C)OC(=O)N1CCNc2ccc(NCC(O)CCl)cc2C1. The third-order valence-electron chi connectivity index (χ3n) is 3.54. The minimum Gasteiger partial charge on any atom is -0.444 e. The highest BCUT2D eigenvalue weighted by Crippen LogP contribution is 2.25. The van der Waals surface area contributed by atoms with E-state index in [1.807, 2.05) is 39.0 Å². The second-order valence-corrected chi connectivity index (χ2v) is 7.20. The Morgan fingerprint density at radius 3 is 2.92 bits per heavy atom. The summed E-state index contributed by atoms with van der Waals surface area (Å²) < 4.78 is 5.47. The van der Waals surface area contributed by atoms with E-state index in [0.717, 1.165) is 16.9 Å². The summed E-state index contributed by atoms with van der Waals surface area (Å²) in [5, 5.41) is 16.0. The molecule has 0 radical (unpaired) electrons. The van der Waals surface area contributed by atoms with Crippen LogP contribution in [0.3, 0.4) is 0 Å². The number of benzene rings is 1. The Hall–Kier alpha value is -1.66. The van der Waals surface area contributed by atoms with Gasteiger partial charge in [0.15, 0.2) is 0 Å². The van der Waals surface area contributed by atoms with Gasteiger partial charge >= 0.3 is 6.09 Å². The summed E-state index contributed by atoms with van der Waals surface area (Å²) in [5.74, 6) is 0.186. The first kappa shape index (κ1) is 18.7. The number of aliphatic hydroxyl groups excluding tert-OH is 1. The minimum atomic E-state index is -0.595. The zero-order chi connectivity index (χ0) is 17.7. The van der Waals surface area contributed by atoms with Crippen LogP contribution in [0.15, 0.2) is 18.2 Å². The third-order valence-corrected chi connectivity index (χ3v) is 3.89. The van der Waals surface area contributed by atoms with Crippen molar-refractivity contribution in [2.24, 2.45) is 0 Å². The molecule has 0 fully saturated rings. The number of halogens is 1. The molecule has 1 aliphatic rings. The van der Waals surface area contributed by atoms with Crippen LogP contribution in [0.5, 0.6) is 0 Å². The molecule has 0 saturated heterocycles.